The molecule has 2 heteroatoms. The maximum atomic E-state index is 3.38. The molecule has 0 aliphatic carbocycles. The molecule has 2 rings (SSSR count). The van der Waals surface area contributed by atoms with E-state index in [1.165, 1.54) is 32.6 Å². The Morgan fingerprint density at radius 1 is 1.30 bits per heavy atom. The van der Waals surface area contributed by atoms with Gasteiger partial charge in [-0.05, 0) is 13.0 Å². The lowest BCUT2D eigenvalue weighted by Gasteiger charge is -2.21. The van der Waals surface area contributed by atoms with Crippen LogP contribution in [0.15, 0.2) is 12.2 Å². The average molecular weight is 138 g/mol. The molecule has 1 fully saturated rings. The molecule has 0 saturated carbocycles. The van der Waals surface area contributed by atoms with Gasteiger partial charge in [-0.1, -0.05) is 12.2 Å². The van der Waals surface area contributed by atoms with E-state index in [4.69, 9.17) is 0 Å². The van der Waals surface area contributed by atoms with E-state index in [0.29, 0.717) is 0 Å². The fourth-order valence-electron chi connectivity index (χ4n) is 1.74. The Balaban J connectivity index is 1.87. The van der Waals surface area contributed by atoms with Crippen molar-refractivity contribution in [2.75, 3.05) is 26.2 Å². The summed E-state index contributed by atoms with van der Waals surface area (Å²) in [6, 6.07) is 0.815. The number of hydrogen-bond donors (Lipinski definition) is 1. The van der Waals surface area contributed by atoms with Gasteiger partial charge in [0.15, 0.2) is 0 Å². The maximum absolute atomic E-state index is 3.38. The van der Waals surface area contributed by atoms with Gasteiger partial charge in [-0.15, -0.1) is 0 Å². The summed E-state index contributed by atoms with van der Waals surface area (Å²) in [5, 5.41) is 3.38. The zero-order chi connectivity index (χ0) is 6.81. The van der Waals surface area contributed by atoms with Crippen LogP contribution in [0.2, 0.25) is 0 Å². The maximum Gasteiger partial charge on any atom is 0.0239 e. The molecule has 0 aromatic carbocycles. The highest BCUT2D eigenvalue weighted by molar-refractivity contribution is 4.99. The molecule has 1 saturated heterocycles. The van der Waals surface area contributed by atoms with Crippen molar-refractivity contribution >= 4 is 0 Å². The standard InChI is InChI=1S/C8H14N2/c1-2-6-10(5-1)8-3-4-9-7-8/h1-2,8-9H,3-7H2/t8-/m0/s1. The molecule has 1 N–H and O–H groups in total. The Bertz CT molecular complexity index is 128. The normalized spacial score (nSPS) is 33.8. The first kappa shape index (κ1) is 6.38. The van der Waals surface area contributed by atoms with Crippen molar-refractivity contribution in [2.45, 2.75) is 12.5 Å². The quantitative estimate of drug-likeness (QED) is 0.521. The van der Waals surface area contributed by atoms with Crippen molar-refractivity contribution in [2.24, 2.45) is 0 Å². The van der Waals surface area contributed by atoms with Crippen molar-refractivity contribution < 1.29 is 0 Å². The summed E-state index contributed by atoms with van der Waals surface area (Å²) in [6.45, 7) is 4.75. The SMILES string of the molecule is C1=CCN([C@H]2CCNC2)C1. The number of hydrogen-bond acceptors (Lipinski definition) is 2. The summed E-state index contributed by atoms with van der Waals surface area (Å²) < 4.78 is 0. The third-order valence-electron chi connectivity index (χ3n) is 2.40. The Hall–Kier alpha value is -0.340. The third kappa shape index (κ3) is 1.09. The van der Waals surface area contributed by atoms with E-state index in [-0.39, 0.29) is 0 Å². The second-order valence-electron chi connectivity index (χ2n) is 3.07. The molecule has 0 radical (unpaired) electrons. The van der Waals surface area contributed by atoms with Gasteiger partial charge in [-0.25, -0.2) is 0 Å². The van der Waals surface area contributed by atoms with E-state index in [1.807, 2.05) is 0 Å². The Morgan fingerprint density at radius 2 is 2.10 bits per heavy atom. The van der Waals surface area contributed by atoms with Gasteiger partial charge in [0.05, 0.1) is 0 Å². The predicted molar refractivity (Wildman–Crippen MR) is 42.0 cm³/mol. The summed E-state index contributed by atoms with van der Waals surface area (Å²) in [5.74, 6) is 0. The molecule has 0 spiro atoms. The molecule has 2 aliphatic heterocycles. The van der Waals surface area contributed by atoms with Crippen LogP contribution >= 0.6 is 0 Å². The fourth-order valence-corrected chi connectivity index (χ4v) is 1.74. The van der Waals surface area contributed by atoms with Crippen LogP contribution in [-0.4, -0.2) is 37.1 Å². The molecule has 1 atom stereocenters. The van der Waals surface area contributed by atoms with Gasteiger partial charge < -0.3 is 5.32 Å². The molecule has 2 nitrogen and oxygen atoms in total. The van der Waals surface area contributed by atoms with Crippen LogP contribution in [0.4, 0.5) is 0 Å². The lowest BCUT2D eigenvalue weighted by atomic mass is 10.2. The monoisotopic (exact) mass is 138 g/mol. The zero-order valence-electron chi connectivity index (χ0n) is 6.21. The molecule has 10 heavy (non-hydrogen) atoms. The van der Waals surface area contributed by atoms with Crippen molar-refractivity contribution in [3.05, 3.63) is 12.2 Å². The van der Waals surface area contributed by atoms with Crippen LogP contribution in [0.25, 0.3) is 0 Å². The van der Waals surface area contributed by atoms with Crippen LogP contribution in [0.3, 0.4) is 0 Å². The molecular weight excluding hydrogens is 124 g/mol. The Labute approximate surface area is 61.9 Å². The molecule has 56 valence electrons. The molecule has 0 bridgehead atoms. The van der Waals surface area contributed by atoms with E-state index < -0.39 is 0 Å². The topological polar surface area (TPSA) is 15.3 Å². The van der Waals surface area contributed by atoms with E-state index >= 15 is 0 Å². The highest BCUT2D eigenvalue weighted by atomic mass is 15.2. The summed E-state index contributed by atoms with van der Waals surface area (Å²) in [7, 11) is 0. The van der Waals surface area contributed by atoms with Crippen molar-refractivity contribution in [3.8, 4) is 0 Å². The van der Waals surface area contributed by atoms with Gasteiger partial charge >= 0.3 is 0 Å². The van der Waals surface area contributed by atoms with Crippen molar-refractivity contribution in [1.29, 1.82) is 0 Å². The number of rotatable bonds is 1. The van der Waals surface area contributed by atoms with Crippen LogP contribution < -0.4 is 5.32 Å². The first-order valence-corrected chi connectivity index (χ1v) is 4.06. The van der Waals surface area contributed by atoms with Gasteiger partial charge in [0.1, 0.15) is 0 Å². The second kappa shape index (κ2) is 2.72. The summed E-state index contributed by atoms with van der Waals surface area (Å²) in [6.07, 6.45) is 5.86. The first-order valence-electron chi connectivity index (χ1n) is 4.06. The fraction of sp³-hybridized carbons (Fsp3) is 0.750. The van der Waals surface area contributed by atoms with Crippen LogP contribution in [0, 0.1) is 0 Å². The molecule has 2 heterocycles. The molecule has 0 amide bonds. The molecule has 0 unspecified atom stereocenters. The predicted octanol–water partition coefficient (Wildman–Crippen LogP) is 0.220. The molecule has 0 aromatic heterocycles. The minimum Gasteiger partial charge on any atom is -0.315 e. The van der Waals surface area contributed by atoms with Crippen LogP contribution in [-0.2, 0) is 0 Å². The van der Waals surface area contributed by atoms with Gasteiger partial charge in [0, 0.05) is 25.7 Å². The van der Waals surface area contributed by atoms with Gasteiger partial charge in [0.25, 0.3) is 0 Å². The number of nitrogens with one attached hydrogen (secondary N) is 1. The Kier molecular flexibility index (Phi) is 1.74. The second-order valence-corrected chi connectivity index (χ2v) is 3.07. The van der Waals surface area contributed by atoms with Gasteiger partial charge in [-0.2, -0.15) is 0 Å². The summed E-state index contributed by atoms with van der Waals surface area (Å²) in [4.78, 5) is 2.53. The molecule has 2 aliphatic rings. The highest BCUT2D eigenvalue weighted by Crippen LogP contribution is 2.10. The highest BCUT2D eigenvalue weighted by Gasteiger charge is 2.21. The smallest absolute Gasteiger partial charge is 0.0239 e. The minimum absolute atomic E-state index is 0.815. The van der Waals surface area contributed by atoms with E-state index in [9.17, 15) is 0 Å². The van der Waals surface area contributed by atoms with E-state index in [2.05, 4.69) is 22.4 Å². The lowest BCUT2D eigenvalue weighted by Crippen LogP contribution is -2.34. The van der Waals surface area contributed by atoms with E-state index in [0.717, 1.165) is 6.04 Å². The molecule has 0 aromatic rings. The van der Waals surface area contributed by atoms with Crippen LogP contribution in [0.5, 0.6) is 0 Å². The zero-order valence-corrected chi connectivity index (χ0v) is 6.21. The molecular formula is C8H14N2. The summed E-state index contributed by atoms with van der Waals surface area (Å²) in [5.41, 5.74) is 0. The van der Waals surface area contributed by atoms with Crippen molar-refractivity contribution in [1.82, 2.24) is 10.2 Å². The van der Waals surface area contributed by atoms with Crippen LogP contribution in [0.1, 0.15) is 6.42 Å². The third-order valence-corrected chi connectivity index (χ3v) is 2.40. The number of nitrogens with zero attached hydrogens (tertiary/aromatic N) is 1. The van der Waals surface area contributed by atoms with Gasteiger partial charge in [0.2, 0.25) is 0 Å². The van der Waals surface area contributed by atoms with Crippen molar-refractivity contribution in [3.63, 3.8) is 0 Å². The minimum atomic E-state index is 0.815. The Morgan fingerprint density at radius 3 is 2.70 bits per heavy atom. The first-order chi connectivity index (χ1) is 4.97. The average Bonchev–Trinajstić information content (AvgIpc) is 2.59. The van der Waals surface area contributed by atoms with E-state index in [1.54, 1.807) is 0 Å². The van der Waals surface area contributed by atoms with Gasteiger partial charge in [-0.3, -0.25) is 4.90 Å². The lowest BCUT2D eigenvalue weighted by molar-refractivity contribution is 0.269. The largest absolute Gasteiger partial charge is 0.315 e. The summed E-state index contributed by atoms with van der Waals surface area (Å²) >= 11 is 0.